The lowest BCUT2D eigenvalue weighted by Gasteiger charge is -2.32. The highest BCUT2D eigenvalue weighted by Gasteiger charge is 2.19. The Balaban J connectivity index is 1.37. The average molecular weight is 436 g/mol. The van der Waals surface area contributed by atoms with Gasteiger partial charge >= 0.3 is 0 Å². The van der Waals surface area contributed by atoms with Gasteiger partial charge in [-0.05, 0) is 62.0 Å². The number of rotatable bonds is 7. The maximum Gasteiger partial charge on any atom is 0.253 e. The molecule has 6 nitrogen and oxygen atoms in total. The summed E-state index contributed by atoms with van der Waals surface area (Å²) in [6.07, 6.45) is 2.41. The van der Waals surface area contributed by atoms with E-state index in [-0.39, 0.29) is 5.91 Å². The Labute approximate surface area is 192 Å². The molecular weight excluding hydrogens is 398 g/mol. The highest BCUT2D eigenvalue weighted by Crippen LogP contribution is 2.18. The van der Waals surface area contributed by atoms with Gasteiger partial charge in [0.25, 0.3) is 5.91 Å². The largest absolute Gasteiger partial charge is 0.356 e. The van der Waals surface area contributed by atoms with Crippen LogP contribution in [0.3, 0.4) is 0 Å². The first-order valence-corrected chi connectivity index (χ1v) is 11.5. The van der Waals surface area contributed by atoms with Crippen molar-refractivity contribution in [2.45, 2.75) is 32.9 Å². The maximum atomic E-state index is 12.0. The van der Waals surface area contributed by atoms with E-state index in [4.69, 9.17) is 0 Å². The number of benzene rings is 2. The van der Waals surface area contributed by atoms with Gasteiger partial charge in [-0.25, -0.2) is 0 Å². The lowest BCUT2D eigenvalue weighted by atomic mass is 9.96. The Morgan fingerprint density at radius 2 is 1.62 bits per heavy atom. The number of carbonyl (C=O) groups is 1. The van der Waals surface area contributed by atoms with E-state index in [2.05, 4.69) is 51.7 Å². The van der Waals surface area contributed by atoms with E-state index < -0.39 is 0 Å². The number of amides is 1. The third-order valence-corrected chi connectivity index (χ3v) is 6.08. The molecule has 172 valence electrons. The molecule has 1 heterocycles. The molecule has 0 aliphatic carbocycles. The summed E-state index contributed by atoms with van der Waals surface area (Å²) in [6.45, 7) is 7.08. The number of likely N-dealkylation sites (tertiary alicyclic amines) is 1. The molecule has 0 spiro atoms. The standard InChI is InChI=1S/C26H37N5O/c1-20-5-7-23(8-6-20)19-31-15-13-22(14-16-31)18-29-26(27-2)28-17-21-9-11-24(12-10-21)25(32)30(3)4/h5-12,22H,13-19H2,1-4H3,(H2,27,28,29). The van der Waals surface area contributed by atoms with Gasteiger partial charge in [-0.1, -0.05) is 42.0 Å². The first-order chi connectivity index (χ1) is 15.4. The van der Waals surface area contributed by atoms with Crippen molar-refractivity contribution in [3.63, 3.8) is 0 Å². The highest BCUT2D eigenvalue weighted by molar-refractivity contribution is 5.93. The van der Waals surface area contributed by atoms with E-state index in [0.717, 1.165) is 37.7 Å². The molecule has 2 aromatic carbocycles. The highest BCUT2D eigenvalue weighted by atomic mass is 16.2. The molecule has 0 saturated carbocycles. The lowest BCUT2D eigenvalue weighted by molar-refractivity contribution is 0.0827. The predicted molar refractivity (Wildman–Crippen MR) is 132 cm³/mol. The van der Waals surface area contributed by atoms with Crippen LogP contribution in [-0.4, -0.2) is 62.4 Å². The zero-order valence-electron chi connectivity index (χ0n) is 19.9. The molecule has 2 aromatic rings. The van der Waals surface area contributed by atoms with Gasteiger partial charge in [-0.15, -0.1) is 0 Å². The molecule has 0 unspecified atom stereocenters. The molecule has 0 radical (unpaired) electrons. The molecule has 0 atom stereocenters. The number of nitrogens with zero attached hydrogens (tertiary/aromatic N) is 3. The van der Waals surface area contributed by atoms with Gasteiger partial charge in [0.1, 0.15) is 0 Å². The van der Waals surface area contributed by atoms with Crippen LogP contribution in [0.2, 0.25) is 0 Å². The van der Waals surface area contributed by atoms with Crippen LogP contribution in [0.15, 0.2) is 53.5 Å². The van der Waals surface area contributed by atoms with E-state index in [1.165, 1.54) is 24.0 Å². The number of carbonyl (C=O) groups excluding carboxylic acids is 1. The fourth-order valence-corrected chi connectivity index (χ4v) is 3.97. The quantitative estimate of drug-likeness (QED) is 0.518. The number of nitrogens with one attached hydrogen (secondary N) is 2. The topological polar surface area (TPSA) is 60.0 Å². The molecule has 1 saturated heterocycles. The molecule has 0 aromatic heterocycles. The first kappa shape index (κ1) is 23.8. The molecular formula is C26H37N5O. The number of hydrogen-bond donors (Lipinski definition) is 2. The number of piperidine rings is 1. The van der Waals surface area contributed by atoms with E-state index >= 15 is 0 Å². The molecule has 0 bridgehead atoms. The third-order valence-electron chi connectivity index (χ3n) is 6.08. The van der Waals surface area contributed by atoms with Crippen LogP contribution < -0.4 is 10.6 Å². The molecule has 1 fully saturated rings. The second-order valence-corrected chi connectivity index (χ2v) is 8.91. The fourth-order valence-electron chi connectivity index (χ4n) is 3.97. The van der Waals surface area contributed by atoms with Crippen molar-refractivity contribution < 1.29 is 4.79 Å². The summed E-state index contributed by atoms with van der Waals surface area (Å²) in [5, 5.41) is 6.86. The first-order valence-electron chi connectivity index (χ1n) is 11.5. The maximum absolute atomic E-state index is 12.0. The van der Waals surface area contributed by atoms with Crippen molar-refractivity contribution in [2.75, 3.05) is 40.8 Å². The molecule has 1 aliphatic heterocycles. The van der Waals surface area contributed by atoms with Crippen LogP contribution in [0, 0.1) is 12.8 Å². The SMILES string of the molecule is CN=C(NCc1ccc(C(=O)N(C)C)cc1)NCC1CCN(Cc2ccc(C)cc2)CC1. The monoisotopic (exact) mass is 435 g/mol. The summed E-state index contributed by atoms with van der Waals surface area (Å²) < 4.78 is 0. The normalized spacial score (nSPS) is 15.4. The van der Waals surface area contributed by atoms with Crippen LogP contribution in [0.4, 0.5) is 0 Å². The van der Waals surface area contributed by atoms with Crippen LogP contribution in [0.5, 0.6) is 0 Å². The van der Waals surface area contributed by atoms with Gasteiger partial charge in [-0.2, -0.15) is 0 Å². The van der Waals surface area contributed by atoms with Crippen molar-refractivity contribution in [3.8, 4) is 0 Å². The minimum absolute atomic E-state index is 0.0203. The lowest BCUT2D eigenvalue weighted by Crippen LogP contribution is -2.42. The zero-order chi connectivity index (χ0) is 22.9. The summed E-state index contributed by atoms with van der Waals surface area (Å²) in [7, 11) is 5.33. The van der Waals surface area contributed by atoms with Crippen molar-refractivity contribution in [2.24, 2.45) is 10.9 Å². The number of aliphatic imine (C=N–C) groups is 1. The van der Waals surface area contributed by atoms with Gasteiger partial charge in [0.2, 0.25) is 0 Å². The summed E-state index contributed by atoms with van der Waals surface area (Å²) in [6, 6.07) is 16.6. The van der Waals surface area contributed by atoms with Crippen LogP contribution in [0.25, 0.3) is 0 Å². The van der Waals surface area contributed by atoms with E-state index in [0.29, 0.717) is 18.0 Å². The minimum atomic E-state index is 0.0203. The Morgan fingerprint density at radius 1 is 1.00 bits per heavy atom. The van der Waals surface area contributed by atoms with Gasteiger partial charge in [0, 0.05) is 46.3 Å². The number of hydrogen-bond acceptors (Lipinski definition) is 3. The van der Waals surface area contributed by atoms with E-state index in [1.807, 2.05) is 24.3 Å². The molecule has 2 N–H and O–H groups in total. The number of guanidine groups is 1. The molecule has 32 heavy (non-hydrogen) atoms. The second kappa shape index (κ2) is 11.7. The van der Waals surface area contributed by atoms with E-state index in [9.17, 15) is 4.79 Å². The van der Waals surface area contributed by atoms with Crippen LogP contribution >= 0.6 is 0 Å². The Morgan fingerprint density at radius 3 is 2.22 bits per heavy atom. The zero-order valence-corrected chi connectivity index (χ0v) is 19.9. The minimum Gasteiger partial charge on any atom is -0.356 e. The van der Waals surface area contributed by atoms with Crippen LogP contribution in [0.1, 0.15) is 39.9 Å². The summed E-state index contributed by atoms with van der Waals surface area (Å²) >= 11 is 0. The average Bonchev–Trinajstić information content (AvgIpc) is 2.81. The van der Waals surface area contributed by atoms with Gasteiger partial charge in [0.05, 0.1) is 0 Å². The Hall–Kier alpha value is -2.86. The number of aryl methyl sites for hydroxylation is 1. The Kier molecular flexibility index (Phi) is 8.68. The summed E-state index contributed by atoms with van der Waals surface area (Å²) in [5.41, 5.74) is 4.54. The van der Waals surface area contributed by atoms with E-state index in [1.54, 1.807) is 26.0 Å². The molecule has 1 amide bonds. The van der Waals surface area contributed by atoms with Gasteiger partial charge in [-0.3, -0.25) is 14.7 Å². The van der Waals surface area contributed by atoms with Crippen molar-refractivity contribution in [3.05, 3.63) is 70.8 Å². The van der Waals surface area contributed by atoms with Crippen molar-refractivity contribution in [1.82, 2.24) is 20.4 Å². The summed E-state index contributed by atoms with van der Waals surface area (Å²) in [5.74, 6) is 1.51. The van der Waals surface area contributed by atoms with Crippen molar-refractivity contribution >= 4 is 11.9 Å². The molecule has 6 heteroatoms. The molecule has 3 rings (SSSR count). The summed E-state index contributed by atoms with van der Waals surface area (Å²) in [4.78, 5) is 20.5. The van der Waals surface area contributed by atoms with Gasteiger partial charge in [0.15, 0.2) is 5.96 Å². The third kappa shape index (κ3) is 7.09. The fraction of sp³-hybridized carbons (Fsp3) is 0.462. The van der Waals surface area contributed by atoms with Crippen LogP contribution in [-0.2, 0) is 13.1 Å². The van der Waals surface area contributed by atoms with Crippen molar-refractivity contribution in [1.29, 1.82) is 0 Å². The Bertz CT molecular complexity index is 881. The van der Waals surface area contributed by atoms with Gasteiger partial charge < -0.3 is 15.5 Å². The second-order valence-electron chi connectivity index (χ2n) is 8.91. The molecule has 1 aliphatic rings. The predicted octanol–water partition coefficient (Wildman–Crippen LogP) is 3.27. The smallest absolute Gasteiger partial charge is 0.253 e.